The number of aromatic nitrogens is 1. The summed E-state index contributed by atoms with van der Waals surface area (Å²) in [5.41, 5.74) is 3.73. The number of para-hydroxylation sites is 1. The van der Waals surface area contributed by atoms with E-state index < -0.39 is 5.91 Å². The molecule has 1 N–H and O–H groups in total. The van der Waals surface area contributed by atoms with Gasteiger partial charge in [0.05, 0.1) is 5.52 Å². The highest BCUT2D eigenvalue weighted by atomic mass is 16.3. The molecule has 0 fully saturated rings. The maximum atomic E-state index is 12.4. The maximum absolute atomic E-state index is 12.4. The third-order valence-electron chi connectivity index (χ3n) is 4.71. The van der Waals surface area contributed by atoms with Gasteiger partial charge in [-0.05, 0) is 36.2 Å². The molecule has 4 aromatic rings. The number of benzene rings is 3. The first-order chi connectivity index (χ1) is 13.7. The Bertz CT molecular complexity index is 1160. The summed E-state index contributed by atoms with van der Waals surface area (Å²) in [6, 6.07) is 24.7. The summed E-state index contributed by atoms with van der Waals surface area (Å²) in [5.74, 6) is -0.438. The van der Waals surface area contributed by atoms with Crippen LogP contribution >= 0.6 is 0 Å². The lowest BCUT2D eigenvalue weighted by Gasteiger charge is -2.02. The number of aryl methyl sites for hydroxylation is 1. The first-order valence-corrected chi connectivity index (χ1v) is 9.10. The highest BCUT2D eigenvalue weighted by molar-refractivity contribution is 5.97. The zero-order valence-corrected chi connectivity index (χ0v) is 15.4. The molecule has 5 nitrogen and oxygen atoms in total. The molecule has 138 valence electrons. The van der Waals surface area contributed by atoms with E-state index in [-0.39, 0.29) is 5.88 Å². The van der Waals surface area contributed by atoms with Gasteiger partial charge in [-0.25, -0.2) is 0 Å². The summed E-state index contributed by atoms with van der Waals surface area (Å²) < 4.78 is 1.74. The summed E-state index contributed by atoms with van der Waals surface area (Å²) in [6.07, 6.45) is 0. The van der Waals surface area contributed by atoms with Crippen LogP contribution < -0.4 is 0 Å². The number of carbonyl (C=O) groups is 1. The highest BCUT2D eigenvalue weighted by Gasteiger charge is 2.15. The fourth-order valence-electron chi connectivity index (χ4n) is 3.28. The molecule has 3 aromatic carbocycles. The number of hydrogen-bond acceptors (Lipinski definition) is 3. The van der Waals surface area contributed by atoms with E-state index in [4.69, 9.17) is 0 Å². The Kier molecular flexibility index (Phi) is 4.72. The van der Waals surface area contributed by atoms with Gasteiger partial charge in [-0.1, -0.05) is 60.7 Å². The average molecular weight is 369 g/mol. The molecule has 1 heterocycles. The first-order valence-electron chi connectivity index (χ1n) is 9.10. The first kappa shape index (κ1) is 17.7. The lowest BCUT2D eigenvalue weighted by atomic mass is 10.0. The number of nitrogens with zero attached hydrogens (tertiary/aromatic N) is 3. The monoisotopic (exact) mass is 369 g/mol. The lowest BCUT2D eigenvalue weighted by molar-refractivity contribution is 0.0995. The molecule has 0 aliphatic heterocycles. The molecule has 0 aliphatic carbocycles. The van der Waals surface area contributed by atoms with Gasteiger partial charge in [0.25, 0.3) is 5.91 Å². The van der Waals surface area contributed by atoms with Gasteiger partial charge < -0.3 is 9.67 Å². The minimum Gasteiger partial charge on any atom is -0.493 e. The van der Waals surface area contributed by atoms with Crippen LogP contribution in [0.4, 0.5) is 5.69 Å². The van der Waals surface area contributed by atoms with Gasteiger partial charge in [0.1, 0.15) is 0 Å². The fraction of sp³-hybridized carbons (Fsp3) is 0.0870. The van der Waals surface area contributed by atoms with E-state index in [1.165, 1.54) is 0 Å². The van der Waals surface area contributed by atoms with Crippen LogP contribution in [0, 0.1) is 0 Å². The van der Waals surface area contributed by atoms with E-state index in [9.17, 15) is 9.90 Å². The van der Waals surface area contributed by atoms with Crippen molar-refractivity contribution in [1.82, 2.24) is 4.57 Å². The van der Waals surface area contributed by atoms with E-state index >= 15 is 0 Å². The van der Waals surface area contributed by atoms with Crippen LogP contribution in [0.15, 0.2) is 89.1 Å². The van der Waals surface area contributed by atoms with Crippen LogP contribution in [-0.4, -0.2) is 15.6 Å². The molecule has 0 saturated heterocycles. The molecule has 0 bridgehead atoms. The number of rotatable bonds is 4. The van der Waals surface area contributed by atoms with Crippen LogP contribution in [0.5, 0.6) is 5.88 Å². The van der Waals surface area contributed by atoms with Crippen molar-refractivity contribution in [1.29, 1.82) is 0 Å². The van der Waals surface area contributed by atoms with Gasteiger partial charge in [0.2, 0.25) is 5.88 Å². The third kappa shape index (κ3) is 3.18. The molecule has 0 unspecified atom stereocenters. The van der Waals surface area contributed by atoms with Crippen molar-refractivity contribution in [3.8, 4) is 17.0 Å². The van der Waals surface area contributed by atoms with Crippen LogP contribution in [0.25, 0.3) is 22.0 Å². The second-order valence-electron chi connectivity index (χ2n) is 6.38. The van der Waals surface area contributed by atoms with Crippen LogP contribution in [-0.2, 0) is 6.54 Å². The van der Waals surface area contributed by atoms with Crippen molar-refractivity contribution in [2.75, 3.05) is 0 Å². The van der Waals surface area contributed by atoms with Crippen LogP contribution in [0.2, 0.25) is 0 Å². The molecule has 1 amide bonds. The maximum Gasteiger partial charge on any atom is 0.295 e. The van der Waals surface area contributed by atoms with Crippen molar-refractivity contribution < 1.29 is 9.90 Å². The molecular weight excluding hydrogens is 350 g/mol. The van der Waals surface area contributed by atoms with Crippen molar-refractivity contribution in [3.63, 3.8) is 0 Å². The Morgan fingerprint density at radius 1 is 0.893 bits per heavy atom. The van der Waals surface area contributed by atoms with Gasteiger partial charge >= 0.3 is 0 Å². The molecule has 0 radical (unpaired) electrons. The van der Waals surface area contributed by atoms with Crippen LogP contribution in [0.1, 0.15) is 17.3 Å². The standard InChI is InChI=1S/C23H19N3O2/c1-2-26-20-11-7-6-10-19(20)21(23(26)28)24-25-22(27)18-14-12-17(13-15-18)16-8-4-3-5-9-16/h3-15,28H,2H2,1H3. The topological polar surface area (TPSA) is 66.9 Å². The van der Waals surface area contributed by atoms with Gasteiger partial charge in [-0.15, -0.1) is 10.2 Å². The minimum absolute atomic E-state index is 0.0136. The summed E-state index contributed by atoms with van der Waals surface area (Å²) in [5, 5.41) is 19.1. The van der Waals surface area contributed by atoms with E-state index in [1.807, 2.05) is 73.7 Å². The summed E-state index contributed by atoms with van der Waals surface area (Å²) in [4.78, 5) is 12.4. The quantitative estimate of drug-likeness (QED) is 0.451. The Balaban J connectivity index is 1.61. The molecule has 0 spiro atoms. The van der Waals surface area contributed by atoms with Crippen molar-refractivity contribution in [2.24, 2.45) is 10.2 Å². The SMILES string of the molecule is CCn1c(O)c(N=NC(=O)c2ccc(-c3ccccc3)cc2)c2ccccc21. The Morgan fingerprint density at radius 2 is 1.54 bits per heavy atom. The fourth-order valence-corrected chi connectivity index (χ4v) is 3.28. The van der Waals surface area contributed by atoms with E-state index in [1.54, 1.807) is 16.7 Å². The predicted octanol–water partition coefficient (Wildman–Crippen LogP) is 5.96. The minimum atomic E-state index is -0.452. The largest absolute Gasteiger partial charge is 0.493 e. The molecule has 1 aromatic heterocycles. The molecule has 5 heteroatoms. The van der Waals surface area contributed by atoms with E-state index in [0.29, 0.717) is 17.8 Å². The molecular formula is C23H19N3O2. The summed E-state index contributed by atoms with van der Waals surface area (Å²) >= 11 is 0. The number of aromatic hydroxyl groups is 1. The van der Waals surface area contributed by atoms with E-state index in [0.717, 1.165) is 22.0 Å². The highest BCUT2D eigenvalue weighted by Crippen LogP contribution is 2.38. The predicted molar refractivity (Wildman–Crippen MR) is 110 cm³/mol. The van der Waals surface area contributed by atoms with Crippen molar-refractivity contribution in [2.45, 2.75) is 13.5 Å². The second kappa shape index (κ2) is 7.48. The lowest BCUT2D eigenvalue weighted by Crippen LogP contribution is -1.93. The number of carbonyl (C=O) groups excluding carboxylic acids is 1. The molecule has 28 heavy (non-hydrogen) atoms. The number of hydrogen-bond donors (Lipinski definition) is 1. The normalized spacial score (nSPS) is 11.3. The zero-order valence-electron chi connectivity index (χ0n) is 15.4. The van der Waals surface area contributed by atoms with Crippen molar-refractivity contribution >= 4 is 22.5 Å². The summed E-state index contributed by atoms with van der Waals surface area (Å²) in [6.45, 7) is 2.53. The summed E-state index contributed by atoms with van der Waals surface area (Å²) in [7, 11) is 0. The second-order valence-corrected chi connectivity index (χ2v) is 6.38. The van der Waals surface area contributed by atoms with Gasteiger partial charge in [0.15, 0.2) is 5.69 Å². The van der Waals surface area contributed by atoms with Crippen molar-refractivity contribution in [3.05, 3.63) is 84.4 Å². The molecule has 0 saturated carbocycles. The Hall–Kier alpha value is -3.73. The van der Waals surface area contributed by atoms with Gasteiger partial charge in [-0.2, -0.15) is 0 Å². The van der Waals surface area contributed by atoms with Crippen LogP contribution in [0.3, 0.4) is 0 Å². The number of azo groups is 1. The van der Waals surface area contributed by atoms with E-state index in [2.05, 4.69) is 10.2 Å². The third-order valence-corrected chi connectivity index (χ3v) is 4.71. The van der Waals surface area contributed by atoms with Gasteiger partial charge in [0, 0.05) is 17.5 Å². The van der Waals surface area contributed by atoms with Gasteiger partial charge in [-0.3, -0.25) is 4.79 Å². The number of fused-ring (bicyclic) bond motifs is 1. The average Bonchev–Trinajstić information content (AvgIpc) is 3.03. The smallest absolute Gasteiger partial charge is 0.295 e. The molecule has 0 atom stereocenters. The number of amides is 1. The molecule has 0 aliphatic rings. The molecule has 4 rings (SSSR count). The zero-order chi connectivity index (χ0) is 19.5. The Labute approximate surface area is 162 Å². The Morgan fingerprint density at radius 3 is 2.25 bits per heavy atom.